The second-order valence-electron chi connectivity index (χ2n) is 5.13. The van der Waals surface area contributed by atoms with E-state index in [1.165, 1.54) is 19.4 Å². The van der Waals surface area contributed by atoms with Crippen LogP contribution in [-0.2, 0) is 9.53 Å². The topological polar surface area (TPSA) is 166 Å². The summed E-state index contributed by atoms with van der Waals surface area (Å²) in [7, 11) is 1.24. The summed E-state index contributed by atoms with van der Waals surface area (Å²) >= 11 is 6.48. The van der Waals surface area contributed by atoms with E-state index in [1.54, 1.807) is 24.7 Å². The molecule has 0 unspecified atom stereocenters. The van der Waals surface area contributed by atoms with Gasteiger partial charge in [-0.1, -0.05) is 0 Å². The van der Waals surface area contributed by atoms with Gasteiger partial charge in [0.05, 0.1) is 12.8 Å². The third-order valence-electron chi connectivity index (χ3n) is 3.17. The van der Waals surface area contributed by atoms with Crippen LogP contribution >= 0.6 is 31.9 Å². The Morgan fingerprint density at radius 3 is 2.17 bits per heavy atom. The maximum absolute atomic E-state index is 11.4. The summed E-state index contributed by atoms with van der Waals surface area (Å²) in [4.78, 5) is 40.8. The number of ether oxygens (including phenoxy) is 1. The summed E-state index contributed by atoms with van der Waals surface area (Å²) < 4.78 is 5.96. The molecule has 29 heavy (non-hydrogen) atoms. The van der Waals surface area contributed by atoms with Gasteiger partial charge in [-0.3, -0.25) is 34.5 Å². The number of halogens is 2. The highest BCUT2D eigenvalue weighted by Gasteiger charge is 2.12. The Hall–Kier alpha value is -2.99. The van der Waals surface area contributed by atoms with E-state index in [-0.39, 0.29) is 19.2 Å². The number of carbonyl (C=O) groups excluding carboxylic acids is 2. The van der Waals surface area contributed by atoms with E-state index in [4.69, 9.17) is 11.1 Å². The average molecular weight is 530 g/mol. The van der Waals surface area contributed by atoms with E-state index >= 15 is 0 Å². The van der Waals surface area contributed by atoms with Crippen molar-refractivity contribution in [2.45, 2.75) is 6.42 Å². The lowest BCUT2D eigenvalue weighted by Gasteiger charge is -1.99. The van der Waals surface area contributed by atoms with Crippen LogP contribution in [0.2, 0.25) is 0 Å². The van der Waals surface area contributed by atoms with Crippen molar-refractivity contribution in [3.8, 4) is 11.3 Å². The predicted octanol–water partition coefficient (Wildman–Crippen LogP) is 3.96. The molecule has 0 saturated carbocycles. The van der Waals surface area contributed by atoms with Gasteiger partial charge in [-0.15, -0.1) is 0 Å². The largest absolute Gasteiger partial charge is 0.469 e. The van der Waals surface area contributed by atoms with Crippen molar-refractivity contribution in [3.63, 3.8) is 0 Å². The zero-order chi connectivity index (χ0) is 21.8. The van der Waals surface area contributed by atoms with Gasteiger partial charge in [-0.25, -0.2) is 11.1 Å². The quantitative estimate of drug-likeness (QED) is 0.173. The zero-order valence-electron chi connectivity index (χ0n) is 15.0. The molecule has 0 bridgehead atoms. The summed E-state index contributed by atoms with van der Waals surface area (Å²) in [6.45, 7) is 0. The average Bonchev–Trinajstić information content (AvgIpc) is 3.16. The van der Waals surface area contributed by atoms with Gasteiger partial charge in [0.1, 0.15) is 6.42 Å². The van der Waals surface area contributed by atoms with Crippen molar-refractivity contribution >= 4 is 43.6 Å². The molecule has 0 saturated heterocycles. The van der Waals surface area contributed by atoms with E-state index < -0.39 is 5.97 Å². The van der Waals surface area contributed by atoms with E-state index in [2.05, 4.69) is 56.8 Å². The number of methoxy groups -OCH3 is 1. The summed E-state index contributed by atoms with van der Waals surface area (Å²) in [5, 5.41) is 5.21. The van der Waals surface area contributed by atoms with Crippen molar-refractivity contribution in [1.29, 1.82) is 11.1 Å². The molecule has 0 fully saturated rings. The molecule has 4 N–H and O–H groups in total. The number of pyridine rings is 2. The number of rotatable bonds is 4. The fourth-order valence-corrected chi connectivity index (χ4v) is 2.65. The molecule has 3 rings (SSSR count). The number of nitrogens with zero attached hydrogens (tertiary/aromatic N) is 2. The van der Waals surface area contributed by atoms with Gasteiger partial charge in [0.25, 0.3) is 5.56 Å². The van der Waals surface area contributed by atoms with Crippen molar-refractivity contribution in [3.05, 3.63) is 67.8 Å². The summed E-state index contributed by atoms with van der Waals surface area (Å²) in [5.41, 5.74) is 11.9. The van der Waals surface area contributed by atoms with Crippen LogP contribution in [0.5, 0.6) is 0 Å². The molecule has 10 nitrogen and oxygen atoms in total. The van der Waals surface area contributed by atoms with Crippen LogP contribution in [0.1, 0.15) is 18.2 Å². The smallest absolute Gasteiger partial charge is 0.313 e. The van der Waals surface area contributed by atoms with Gasteiger partial charge >= 0.3 is 5.97 Å². The molecule has 3 heterocycles. The van der Waals surface area contributed by atoms with Gasteiger partial charge < -0.3 is 4.74 Å². The number of carbonyl (C=O) groups is 2. The van der Waals surface area contributed by atoms with E-state index in [0.717, 1.165) is 15.7 Å². The van der Waals surface area contributed by atoms with Crippen LogP contribution < -0.4 is 5.56 Å². The minimum Gasteiger partial charge on any atom is -0.469 e. The van der Waals surface area contributed by atoms with E-state index in [9.17, 15) is 14.4 Å². The van der Waals surface area contributed by atoms with Crippen LogP contribution in [0.25, 0.3) is 11.3 Å². The van der Waals surface area contributed by atoms with Gasteiger partial charge in [-0.2, -0.15) is 0 Å². The molecule has 3 aromatic rings. The van der Waals surface area contributed by atoms with Crippen molar-refractivity contribution < 1.29 is 15.8 Å². The lowest BCUT2D eigenvalue weighted by atomic mass is 10.1. The zero-order valence-corrected chi connectivity index (χ0v) is 18.2. The Morgan fingerprint density at radius 1 is 1.03 bits per heavy atom. The fourth-order valence-electron chi connectivity index (χ4n) is 1.92. The first-order valence-electron chi connectivity index (χ1n) is 7.73. The number of H-pyrrole nitrogens is 2. The third-order valence-corrected chi connectivity index (χ3v) is 4.04. The first-order chi connectivity index (χ1) is 13.9. The second kappa shape index (κ2) is 12.5. The lowest BCUT2D eigenvalue weighted by molar-refractivity contribution is -0.139. The standard InChI is InChI=1S/C9H8BrNO3.C8H6BrN3O.H2N2.H2/c1-14-9(13)3-8(12)6-2-7(10)5-11-4-6;9-6-1-5(3-10-4-6)7-2-8(13)12-11-7;1-2;/h2,4-5H,3H2,1H3;1-4H,(H2,11,12,13);1-2H;1H. The summed E-state index contributed by atoms with van der Waals surface area (Å²) in [6.07, 6.45) is 6.09. The van der Waals surface area contributed by atoms with Crippen molar-refractivity contribution in [2.75, 3.05) is 7.11 Å². The van der Waals surface area contributed by atoms with E-state index in [0.29, 0.717) is 10.0 Å². The molecule has 0 aromatic carbocycles. The third kappa shape index (κ3) is 8.27. The number of Topliss-reactive ketones (excluding diaryl/α,β-unsaturated/α-hetero) is 1. The number of hydrogen-bond acceptors (Lipinski definition) is 8. The molecule has 12 heteroatoms. The van der Waals surface area contributed by atoms with Gasteiger partial charge in [0, 0.05) is 52.4 Å². The Kier molecular flexibility index (Phi) is 10.3. The van der Waals surface area contributed by atoms with Crippen LogP contribution in [-0.4, -0.2) is 39.0 Å². The maximum atomic E-state index is 11.4. The molecule has 0 aliphatic carbocycles. The fraction of sp³-hybridized carbons (Fsp3) is 0.118. The highest BCUT2D eigenvalue weighted by atomic mass is 79.9. The minimum atomic E-state index is -0.546. The van der Waals surface area contributed by atoms with Crippen molar-refractivity contribution in [1.82, 2.24) is 20.2 Å². The SMILES string of the molecule is COC(=O)CC(=O)c1cncc(Br)c1.N=N.O=c1cc(-c2cncc(Br)c2)[nH][nH]1.[HH]. The molecular weight excluding hydrogens is 512 g/mol. The maximum Gasteiger partial charge on any atom is 0.313 e. The molecule has 0 atom stereocenters. The number of hydrogen-bond donors (Lipinski definition) is 4. The molecular formula is C17H18Br2N6O4. The first kappa shape index (κ1) is 24.0. The van der Waals surface area contributed by atoms with E-state index in [1.807, 2.05) is 6.07 Å². The second-order valence-corrected chi connectivity index (χ2v) is 6.96. The Morgan fingerprint density at radius 2 is 1.66 bits per heavy atom. The molecule has 0 spiro atoms. The van der Waals surface area contributed by atoms with Crippen molar-refractivity contribution in [2.24, 2.45) is 0 Å². The first-order valence-corrected chi connectivity index (χ1v) is 9.32. The number of ketones is 1. The van der Waals surface area contributed by atoms with Crippen LogP contribution in [0.4, 0.5) is 0 Å². The van der Waals surface area contributed by atoms with Crippen LogP contribution in [0.15, 0.2) is 56.7 Å². The molecule has 3 aromatic heterocycles. The lowest BCUT2D eigenvalue weighted by Crippen LogP contribution is -2.09. The monoisotopic (exact) mass is 528 g/mol. The number of nitrogens with one attached hydrogen (secondary N) is 4. The number of aromatic nitrogens is 4. The Labute approximate surface area is 183 Å². The van der Waals surface area contributed by atoms with Crippen LogP contribution in [0.3, 0.4) is 0 Å². The summed E-state index contributed by atoms with van der Waals surface area (Å²) in [5.74, 6) is -0.847. The number of esters is 1. The molecule has 0 aliphatic rings. The van der Waals surface area contributed by atoms with Gasteiger partial charge in [0.2, 0.25) is 0 Å². The normalized spacial score (nSPS) is 9.34. The highest BCUT2D eigenvalue weighted by Crippen LogP contribution is 2.17. The molecule has 0 radical (unpaired) electrons. The predicted molar refractivity (Wildman–Crippen MR) is 113 cm³/mol. The molecule has 0 aliphatic heterocycles. The highest BCUT2D eigenvalue weighted by molar-refractivity contribution is 9.10. The van der Waals surface area contributed by atoms with Gasteiger partial charge in [-0.05, 0) is 44.0 Å². The Balaban J connectivity index is 0.000000503. The number of aromatic amines is 2. The molecule has 0 amide bonds. The summed E-state index contributed by atoms with van der Waals surface area (Å²) in [6, 6.07) is 4.98. The molecule has 154 valence electrons. The minimum absolute atomic E-state index is 0. The van der Waals surface area contributed by atoms with Crippen LogP contribution in [0, 0.1) is 11.1 Å². The Bertz CT molecular complexity index is 1030. The van der Waals surface area contributed by atoms with Gasteiger partial charge in [0.15, 0.2) is 5.78 Å².